The average Bonchev–Trinajstić information content (AvgIpc) is 2.95. The van der Waals surface area contributed by atoms with E-state index in [0.717, 1.165) is 17.4 Å². The molecular weight excluding hydrogens is 328 g/mol. The first-order valence-electron chi connectivity index (χ1n) is 7.71. The molecule has 1 aliphatic heterocycles. The highest BCUT2D eigenvalue weighted by molar-refractivity contribution is 7.98. The van der Waals surface area contributed by atoms with Crippen molar-refractivity contribution >= 4 is 17.7 Å². The molecule has 0 saturated heterocycles. The number of aliphatic carboxylic acids is 1. The van der Waals surface area contributed by atoms with Gasteiger partial charge in [0.15, 0.2) is 0 Å². The molecular formula is C16H20N4O3S. The van der Waals surface area contributed by atoms with Gasteiger partial charge in [0.2, 0.25) is 0 Å². The molecule has 0 amide bonds. The summed E-state index contributed by atoms with van der Waals surface area (Å²) in [6.07, 6.45) is 2.03. The van der Waals surface area contributed by atoms with Crippen LogP contribution in [-0.2, 0) is 17.9 Å². The van der Waals surface area contributed by atoms with Crippen LogP contribution in [0, 0.1) is 6.92 Å². The van der Waals surface area contributed by atoms with Crippen LogP contribution in [0.15, 0.2) is 29.2 Å². The van der Waals surface area contributed by atoms with Gasteiger partial charge in [0.05, 0.1) is 13.1 Å². The fourth-order valence-electron chi connectivity index (χ4n) is 2.78. The molecule has 24 heavy (non-hydrogen) atoms. The summed E-state index contributed by atoms with van der Waals surface area (Å²) in [6.45, 7) is 3.62. The normalized spacial score (nSPS) is 17.5. The van der Waals surface area contributed by atoms with E-state index in [2.05, 4.69) is 10.2 Å². The number of hydrogen-bond donors (Lipinski definition) is 1. The van der Waals surface area contributed by atoms with Crippen molar-refractivity contribution in [1.82, 2.24) is 19.7 Å². The number of hydrogen-bond acceptors (Lipinski definition) is 6. The summed E-state index contributed by atoms with van der Waals surface area (Å²) in [7, 11) is 0. The first kappa shape index (κ1) is 16.8. The van der Waals surface area contributed by atoms with Gasteiger partial charge in [-0.2, -0.15) is 0 Å². The number of thioether (sulfide) groups is 1. The molecule has 2 heterocycles. The third-order valence-electron chi connectivity index (χ3n) is 4.14. The Kier molecular flexibility index (Phi) is 5.06. The Labute approximate surface area is 144 Å². The summed E-state index contributed by atoms with van der Waals surface area (Å²) in [5.74, 6) is 1.50. The SMILES string of the molecule is CSc1ccc(OCCN2Cc3nnc(C)n3CC2C(=O)O)cc1. The lowest BCUT2D eigenvalue weighted by Gasteiger charge is -2.33. The van der Waals surface area contributed by atoms with Gasteiger partial charge in [-0.1, -0.05) is 0 Å². The Morgan fingerprint density at radius 1 is 1.38 bits per heavy atom. The predicted octanol–water partition coefficient (Wildman–Crippen LogP) is 1.66. The van der Waals surface area contributed by atoms with Crippen LogP contribution in [0.25, 0.3) is 0 Å². The molecule has 1 aromatic heterocycles. The summed E-state index contributed by atoms with van der Waals surface area (Å²) < 4.78 is 7.62. The van der Waals surface area contributed by atoms with Gasteiger partial charge in [0, 0.05) is 11.4 Å². The zero-order valence-corrected chi connectivity index (χ0v) is 14.5. The number of ether oxygens (including phenoxy) is 1. The van der Waals surface area contributed by atoms with Gasteiger partial charge in [0.1, 0.15) is 30.0 Å². The molecule has 1 N–H and O–H groups in total. The summed E-state index contributed by atoms with van der Waals surface area (Å²) in [6, 6.07) is 7.28. The van der Waals surface area contributed by atoms with E-state index in [0.29, 0.717) is 26.2 Å². The van der Waals surface area contributed by atoms with Crippen molar-refractivity contribution in [2.45, 2.75) is 31.0 Å². The molecule has 0 aliphatic carbocycles. The van der Waals surface area contributed by atoms with Crippen molar-refractivity contribution in [2.75, 3.05) is 19.4 Å². The van der Waals surface area contributed by atoms with Crippen LogP contribution in [0.3, 0.4) is 0 Å². The molecule has 1 atom stereocenters. The fourth-order valence-corrected chi connectivity index (χ4v) is 3.19. The Balaban J connectivity index is 1.61. The molecule has 3 rings (SSSR count). The minimum absolute atomic E-state index is 0.367. The number of aromatic nitrogens is 3. The highest BCUT2D eigenvalue weighted by Crippen LogP contribution is 2.20. The third-order valence-corrected chi connectivity index (χ3v) is 4.89. The van der Waals surface area contributed by atoms with Crippen LogP contribution in [-0.4, -0.2) is 56.2 Å². The van der Waals surface area contributed by atoms with Gasteiger partial charge < -0.3 is 14.4 Å². The van der Waals surface area contributed by atoms with Gasteiger partial charge in [0.25, 0.3) is 0 Å². The fraction of sp³-hybridized carbons (Fsp3) is 0.438. The van der Waals surface area contributed by atoms with Crippen LogP contribution in [0.1, 0.15) is 11.6 Å². The maximum Gasteiger partial charge on any atom is 0.322 e. The van der Waals surface area contributed by atoms with E-state index in [4.69, 9.17) is 4.74 Å². The van der Waals surface area contributed by atoms with Crippen molar-refractivity contribution in [2.24, 2.45) is 0 Å². The van der Waals surface area contributed by atoms with E-state index in [1.807, 2.05) is 46.9 Å². The highest BCUT2D eigenvalue weighted by Gasteiger charge is 2.33. The number of aryl methyl sites for hydroxylation is 1. The second-order valence-electron chi connectivity index (χ2n) is 5.62. The molecule has 1 aliphatic rings. The number of carbonyl (C=O) groups is 1. The second-order valence-corrected chi connectivity index (χ2v) is 6.50. The van der Waals surface area contributed by atoms with Gasteiger partial charge in [-0.05, 0) is 37.4 Å². The molecule has 1 unspecified atom stereocenters. The van der Waals surface area contributed by atoms with E-state index >= 15 is 0 Å². The number of rotatable bonds is 6. The molecule has 0 saturated carbocycles. The molecule has 0 bridgehead atoms. The molecule has 8 heteroatoms. The summed E-state index contributed by atoms with van der Waals surface area (Å²) in [4.78, 5) is 14.6. The Hall–Kier alpha value is -2.06. The van der Waals surface area contributed by atoms with Crippen molar-refractivity contribution in [1.29, 1.82) is 0 Å². The Morgan fingerprint density at radius 3 is 2.79 bits per heavy atom. The monoisotopic (exact) mass is 348 g/mol. The van der Waals surface area contributed by atoms with E-state index in [-0.39, 0.29) is 0 Å². The van der Waals surface area contributed by atoms with Crippen LogP contribution >= 0.6 is 11.8 Å². The standard InChI is InChI=1S/C16H20N4O3S/c1-11-17-18-15-10-19(14(16(21)22)9-20(11)15)7-8-23-12-3-5-13(24-2)6-4-12/h3-6,14H,7-10H2,1-2H3,(H,21,22). The summed E-state index contributed by atoms with van der Waals surface area (Å²) >= 11 is 1.68. The van der Waals surface area contributed by atoms with Crippen LogP contribution < -0.4 is 4.74 Å². The van der Waals surface area contributed by atoms with E-state index in [1.54, 1.807) is 11.8 Å². The first-order chi connectivity index (χ1) is 11.6. The van der Waals surface area contributed by atoms with Gasteiger partial charge in [-0.25, -0.2) is 0 Å². The van der Waals surface area contributed by atoms with E-state index < -0.39 is 12.0 Å². The third kappa shape index (κ3) is 3.54. The number of fused-ring (bicyclic) bond motifs is 1. The van der Waals surface area contributed by atoms with Crippen molar-refractivity contribution in [3.05, 3.63) is 35.9 Å². The second kappa shape index (κ2) is 7.23. The largest absolute Gasteiger partial charge is 0.492 e. The van der Waals surface area contributed by atoms with E-state index in [9.17, 15) is 9.90 Å². The molecule has 0 fully saturated rings. The zero-order valence-electron chi connectivity index (χ0n) is 13.7. The minimum Gasteiger partial charge on any atom is -0.492 e. The van der Waals surface area contributed by atoms with Crippen molar-refractivity contribution < 1.29 is 14.6 Å². The maximum absolute atomic E-state index is 11.6. The van der Waals surface area contributed by atoms with E-state index in [1.165, 1.54) is 4.90 Å². The smallest absolute Gasteiger partial charge is 0.322 e. The summed E-state index contributed by atoms with van der Waals surface area (Å²) in [5, 5.41) is 17.6. The number of carboxylic acids is 1. The van der Waals surface area contributed by atoms with Gasteiger partial charge >= 0.3 is 5.97 Å². The lowest BCUT2D eigenvalue weighted by Crippen LogP contribution is -2.49. The van der Waals surface area contributed by atoms with Crippen LogP contribution in [0.5, 0.6) is 5.75 Å². The quantitative estimate of drug-likeness (QED) is 0.795. The highest BCUT2D eigenvalue weighted by atomic mass is 32.2. The molecule has 7 nitrogen and oxygen atoms in total. The van der Waals surface area contributed by atoms with Crippen LogP contribution in [0.4, 0.5) is 0 Å². The number of nitrogens with zero attached hydrogens (tertiary/aromatic N) is 4. The van der Waals surface area contributed by atoms with Crippen molar-refractivity contribution in [3.63, 3.8) is 0 Å². The molecule has 128 valence electrons. The lowest BCUT2D eigenvalue weighted by atomic mass is 10.2. The Bertz CT molecular complexity index is 717. The van der Waals surface area contributed by atoms with Gasteiger partial charge in [-0.3, -0.25) is 9.69 Å². The van der Waals surface area contributed by atoms with Gasteiger partial charge in [-0.15, -0.1) is 22.0 Å². The number of carboxylic acid groups (broad SMARTS) is 1. The lowest BCUT2D eigenvalue weighted by molar-refractivity contribution is -0.145. The average molecular weight is 348 g/mol. The molecule has 1 aromatic carbocycles. The zero-order chi connectivity index (χ0) is 17.1. The minimum atomic E-state index is -0.835. The topological polar surface area (TPSA) is 80.5 Å². The maximum atomic E-state index is 11.6. The summed E-state index contributed by atoms with van der Waals surface area (Å²) in [5.41, 5.74) is 0. The molecule has 2 aromatic rings. The Morgan fingerprint density at radius 2 is 2.12 bits per heavy atom. The van der Waals surface area contributed by atoms with Crippen LogP contribution in [0.2, 0.25) is 0 Å². The predicted molar refractivity (Wildman–Crippen MR) is 90.3 cm³/mol. The molecule has 0 spiro atoms. The van der Waals surface area contributed by atoms with Crippen molar-refractivity contribution in [3.8, 4) is 5.75 Å². The number of benzene rings is 1. The first-order valence-corrected chi connectivity index (χ1v) is 8.93. The molecule has 0 radical (unpaired) electrons.